The number of para-hydroxylation sites is 1. The van der Waals surface area contributed by atoms with Gasteiger partial charge in [-0.15, -0.1) is 0 Å². The number of benzene rings is 11. The summed E-state index contributed by atoms with van der Waals surface area (Å²) in [5.41, 5.74) is 14.0. The van der Waals surface area contributed by atoms with E-state index in [1.54, 1.807) is 0 Å². The molecule has 11 aromatic carbocycles. The second-order valence-electron chi connectivity index (χ2n) is 16.1. The molecule has 0 aliphatic carbocycles. The van der Waals surface area contributed by atoms with Gasteiger partial charge in [0.05, 0.1) is 11.0 Å². The highest BCUT2D eigenvalue weighted by Gasteiger charge is 2.22. The van der Waals surface area contributed by atoms with Crippen LogP contribution in [0.2, 0.25) is 0 Å². The van der Waals surface area contributed by atoms with E-state index < -0.39 is 0 Å². The van der Waals surface area contributed by atoms with Crippen molar-refractivity contribution in [1.29, 1.82) is 0 Å². The SMILES string of the molecule is c1ccc(-c2ccc(-n3c4cc(N(c5ccccc5)c5ccc(-c6cc7ccccc7c7ccccc67)cc5)ccc4c4c(-c5ccccc5)cc5ccccc5c43)cc2)cc1. The summed E-state index contributed by atoms with van der Waals surface area (Å²) in [4.78, 5) is 2.39. The van der Waals surface area contributed by atoms with E-state index in [1.165, 1.54) is 82.0 Å². The third-order valence-electron chi connectivity index (χ3n) is 12.5. The van der Waals surface area contributed by atoms with Crippen molar-refractivity contribution < 1.29 is 0 Å². The Balaban J connectivity index is 1.08. The van der Waals surface area contributed by atoms with Crippen molar-refractivity contribution in [3.63, 3.8) is 0 Å². The Morgan fingerprint density at radius 2 is 0.774 bits per heavy atom. The molecule has 0 aliphatic heterocycles. The van der Waals surface area contributed by atoms with E-state index in [9.17, 15) is 0 Å². The number of aromatic nitrogens is 1. The molecule has 0 unspecified atom stereocenters. The van der Waals surface area contributed by atoms with E-state index in [2.05, 4.69) is 252 Å². The first kappa shape index (κ1) is 35.7. The predicted molar refractivity (Wildman–Crippen MR) is 264 cm³/mol. The minimum atomic E-state index is 1.09. The van der Waals surface area contributed by atoms with Gasteiger partial charge in [0, 0.05) is 38.9 Å². The lowest BCUT2D eigenvalue weighted by Gasteiger charge is -2.26. The third-order valence-corrected chi connectivity index (χ3v) is 12.5. The number of rotatable bonds is 7. The van der Waals surface area contributed by atoms with Gasteiger partial charge in [-0.05, 0) is 121 Å². The van der Waals surface area contributed by atoms with Gasteiger partial charge < -0.3 is 9.47 Å². The van der Waals surface area contributed by atoms with Gasteiger partial charge >= 0.3 is 0 Å². The van der Waals surface area contributed by atoms with E-state index in [1.807, 2.05) is 0 Å². The molecule has 290 valence electrons. The monoisotopic (exact) mass is 788 g/mol. The lowest BCUT2D eigenvalue weighted by molar-refractivity contribution is 1.18. The van der Waals surface area contributed by atoms with Crippen LogP contribution in [0, 0.1) is 0 Å². The van der Waals surface area contributed by atoms with E-state index in [0.717, 1.165) is 28.3 Å². The van der Waals surface area contributed by atoms with Gasteiger partial charge in [-0.2, -0.15) is 0 Å². The average molecular weight is 789 g/mol. The number of hydrogen-bond acceptors (Lipinski definition) is 1. The van der Waals surface area contributed by atoms with Crippen molar-refractivity contribution in [2.75, 3.05) is 4.90 Å². The molecule has 12 rings (SSSR count). The average Bonchev–Trinajstić information content (AvgIpc) is 3.69. The van der Waals surface area contributed by atoms with Crippen molar-refractivity contribution in [3.05, 3.63) is 243 Å². The van der Waals surface area contributed by atoms with Gasteiger partial charge in [0.25, 0.3) is 0 Å². The smallest absolute Gasteiger partial charge is 0.0625 e. The normalized spacial score (nSPS) is 11.5. The number of anilines is 3. The highest BCUT2D eigenvalue weighted by atomic mass is 15.1. The van der Waals surface area contributed by atoms with Crippen LogP contribution in [0.25, 0.3) is 93.2 Å². The molecule has 0 fully saturated rings. The van der Waals surface area contributed by atoms with E-state index >= 15 is 0 Å². The van der Waals surface area contributed by atoms with Crippen LogP contribution in [0.3, 0.4) is 0 Å². The predicted octanol–water partition coefficient (Wildman–Crippen LogP) is 16.7. The molecule has 2 nitrogen and oxygen atoms in total. The van der Waals surface area contributed by atoms with Crippen LogP contribution < -0.4 is 4.90 Å². The summed E-state index contributed by atoms with van der Waals surface area (Å²) in [6.07, 6.45) is 0. The molecule has 0 amide bonds. The van der Waals surface area contributed by atoms with Crippen molar-refractivity contribution in [2.45, 2.75) is 0 Å². The Kier molecular flexibility index (Phi) is 8.53. The Bertz CT molecular complexity index is 3590. The molecule has 0 saturated heterocycles. The molecule has 2 heteroatoms. The summed E-state index contributed by atoms with van der Waals surface area (Å²) in [5, 5.41) is 9.97. The van der Waals surface area contributed by atoms with Gasteiger partial charge in [-0.3, -0.25) is 0 Å². The lowest BCUT2D eigenvalue weighted by Crippen LogP contribution is -2.10. The fourth-order valence-corrected chi connectivity index (χ4v) is 9.66. The van der Waals surface area contributed by atoms with Crippen molar-refractivity contribution in [2.24, 2.45) is 0 Å². The zero-order chi connectivity index (χ0) is 41.0. The van der Waals surface area contributed by atoms with Crippen molar-refractivity contribution in [3.8, 4) is 39.1 Å². The van der Waals surface area contributed by atoms with E-state index in [-0.39, 0.29) is 0 Å². The van der Waals surface area contributed by atoms with Crippen molar-refractivity contribution >= 4 is 71.2 Å². The fourth-order valence-electron chi connectivity index (χ4n) is 9.66. The van der Waals surface area contributed by atoms with E-state index in [0.29, 0.717) is 0 Å². The Morgan fingerprint density at radius 1 is 0.290 bits per heavy atom. The van der Waals surface area contributed by atoms with Crippen molar-refractivity contribution in [1.82, 2.24) is 4.57 Å². The molecule has 0 radical (unpaired) electrons. The summed E-state index contributed by atoms with van der Waals surface area (Å²) < 4.78 is 2.49. The van der Waals surface area contributed by atoms with E-state index in [4.69, 9.17) is 0 Å². The van der Waals surface area contributed by atoms with Crippen LogP contribution in [0.5, 0.6) is 0 Å². The first-order valence-electron chi connectivity index (χ1n) is 21.3. The minimum absolute atomic E-state index is 1.09. The molecule has 1 heterocycles. The quantitative estimate of drug-likeness (QED) is 0.146. The first-order valence-corrected chi connectivity index (χ1v) is 21.3. The number of nitrogens with zero attached hydrogens (tertiary/aromatic N) is 2. The topological polar surface area (TPSA) is 8.17 Å². The highest BCUT2D eigenvalue weighted by Crippen LogP contribution is 2.46. The fraction of sp³-hybridized carbons (Fsp3) is 0. The van der Waals surface area contributed by atoms with Crippen LogP contribution in [0.1, 0.15) is 0 Å². The second-order valence-corrected chi connectivity index (χ2v) is 16.1. The molecule has 1 aromatic heterocycles. The van der Waals surface area contributed by atoms with Gasteiger partial charge in [-0.1, -0.05) is 182 Å². The van der Waals surface area contributed by atoms with Gasteiger partial charge in [0.2, 0.25) is 0 Å². The molecule has 0 aliphatic rings. The molecule has 12 aromatic rings. The van der Waals surface area contributed by atoms with Crippen LogP contribution >= 0.6 is 0 Å². The van der Waals surface area contributed by atoms with Gasteiger partial charge in [-0.25, -0.2) is 0 Å². The zero-order valence-corrected chi connectivity index (χ0v) is 34.0. The Morgan fingerprint density at radius 3 is 1.48 bits per heavy atom. The lowest BCUT2D eigenvalue weighted by atomic mass is 9.93. The summed E-state index contributed by atoms with van der Waals surface area (Å²) >= 11 is 0. The molecule has 62 heavy (non-hydrogen) atoms. The zero-order valence-electron chi connectivity index (χ0n) is 34.0. The number of fused-ring (bicyclic) bond motifs is 8. The molecule has 0 atom stereocenters. The maximum atomic E-state index is 2.49. The summed E-state index contributed by atoms with van der Waals surface area (Å²) in [7, 11) is 0. The maximum Gasteiger partial charge on any atom is 0.0625 e. The number of hydrogen-bond donors (Lipinski definition) is 0. The van der Waals surface area contributed by atoms with Crippen LogP contribution in [-0.2, 0) is 0 Å². The molecule has 0 N–H and O–H groups in total. The van der Waals surface area contributed by atoms with Gasteiger partial charge in [0.1, 0.15) is 0 Å². The highest BCUT2D eigenvalue weighted by molar-refractivity contribution is 6.24. The molecule has 0 spiro atoms. The Labute approximate surface area is 360 Å². The summed E-state index contributed by atoms with van der Waals surface area (Å²) in [5.74, 6) is 0. The standard InChI is InChI=1S/C60H40N2/c1-4-16-41(17-5-1)42-28-32-49(33-29-42)62-58-40-50(36-37-55(58)59-57(43-18-6-2-7-19-43)39-46-21-11-13-25-52(46)60(59)62)61(47-22-8-3-9-23-47)48-34-30-44(31-35-48)56-38-45-20-10-12-24-51(45)53-26-14-15-27-54(53)56/h1-40H. The van der Waals surface area contributed by atoms with Crippen LogP contribution in [-0.4, -0.2) is 4.57 Å². The summed E-state index contributed by atoms with van der Waals surface area (Å²) in [6, 6.07) is 88.5. The first-order chi connectivity index (χ1) is 30.8. The molecule has 0 saturated carbocycles. The minimum Gasteiger partial charge on any atom is -0.310 e. The van der Waals surface area contributed by atoms with Gasteiger partial charge in [0.15, 0.2) is 0 Å². The largest absolute Gasteiger partial charge is 0.310 e. The molecule has 0 bridgehead atoms. The Hall–Kier alpha value is -8.20. The van der Waals surface area contributed by atoms with Crippen LogP contribution in [0.15, 0.2) is 243 Å². The second kappa shape index (κ2) is 14.8. The molecular formula is C60H40N2. The maximum absolute atomic E-state index is 2.49. The molecular weight excluding hydrogens is 749 g/mol. The summed E-state index contributed by atoms with van der Waals surface area (Å²) in [6.45, 7) is 0. The van der Waals surface area contributed by atoms with Crippen LogP contribution in [0.4, 0.5) is 17.1 Å². The third kappa shape index (κ3) is 5.96.